The molecule has 27 heavy (non-hydrogen) atoms. The van der Waals surface area contributed by atoms with Gasteiger partial charge in [0, 0.05) is 5.56 Å². The summed E-state index contributed by atoms with van der Waals surface area (Å²) in [4.78, 5) is 0. The molecule has 0 radical (unpaired) electrons. The molecule has 142 valence electrons. The Hall–Kier alpha value is -2.22. The molecule has 1 fully saturated rings. The molecule has 0 aromatic heterocycles. The highest BCUT2D eigenvalue weighted by Gasteiger charge is 2.39. The molecule has 0 spiro atoms. The maximum absolute atomic E-state index is 5.71. The normalized spacial score (nSPS) is 23.9. The summed E-state index contributed by atoms with van der Waals surface area (Å²) in [5, 5.41) is 0. The molecular formula is C25H30O2. The third-order valence-electron chi connectivity index (χ3n) is 6.64. The van der Waals surface area contributed by atoms with Crippen LogP contribution in [0.25, 0.3) is 5.57 Å². The molecule has 0 unspecified atom stereocenters. The van der Waals surface area contributed by atoms with Crippen LogP contribution in [0.1, 0.15) is 66.7 Å². The molecule has 2 aliphatic carbocycles. The maximum Gasteiger partial charge on any atom is 0.126 e. The first-order valence-corrected chi connectivity index (χ1v) is 10.1. The predicted molar refractivity (Wildman–Crippen MR) is 112 cm³/mol. The minimum atomic E-state index is 0.583. The Bertz CT molecular complexity index is 834. The fraction of sp³-hybridized carbons (Fsp3) is 0.440. The van der Waals surface area contributed by atoms with Crippen LogP contribution in [-0.2, 0) is 6.42 Å². The van der Waals surface area contributed by atoms with Crippen molar-refractivity contribution in [3.8, 4) is 11.5 Å². The third-order valence-corrected chi connectivity index (χ3v) is 6.64. The molecule has 4 rings (SSSR count). The Balaban J connectivity index is 1.78. The van der Waals surface area contributed by atoms with Gasteiger partial charge in [-0.05, 0) is 90.5 Å². The number of rotatable bonds is 4. The van der Waals surface area contributed by atoms with Crippen molar-refractivity contribution in [2.75, 3.05) is 14.2 Å². The van der Waals surface area contributed by atoms with Crippen LogP contribution in [0.15, 0.2) is 43.0 Å². The molecule has 1 saturated carbocycles. The number of ether oxygens (including phenoxy) is 2. The molecule has 0 N–H and O–H groups in total. The summed E-state index contributed by atoms with van der Waals surface area (Å²) in [5.41, 5.74) is 6.68. The van der Waals surface area contributed by atoms with Crippen molar-refractivity contribution >= 4 is 5.57 Å². The minimum Gasteiger partial charge on any atom is -0.497 e. The number of hydrogen-bond acceptors (Lipinski definition) is 2. The van der Waals surface area contributed by atoms with E-state index in [1.807, 2.05) is 0 Å². The molecule has 0 aliphatic heterocycles. The Morgan fingerprint density at radius 3 is 2.37 bits per heavy atom. The largest absolute Gasteiger partial charge is 0.497 e. The summed E-state index contributed by atoms with van der Waals surface area (Å²) in [6, 6.07) is 13.4. The number of benzene rings is 2. The molecule has 0 heterocycles. The summed E-state index contributed by atoms with van der Waals surface area (Å²) in [6.45, 7) is 6.23. The summed E-state index contributed by atoms with van der Waals surface area (Å²) in [6.07, 6.45) is 6.41. The smallest absolute Gasteiger partial charge is 0.126 e. The van der Waals surface area contributed by atoms with E-state index in [1.165, 1.54) is 42.4 Å². The van der Waals surface area contributed by atoms with Gasteiger partial charge in [-0.3, -0.25) is 0 Å². The summed E-state index contributed by atoms with van der Waals surface area (Å²) >= 11 is 0. The van der Waals surface area contributed by atoms with Crippen LogP contribution >= 0.6 is 0 Å². The molecule has 2 heteroatoms. The topological polar surface area (TPSA) is 18.5 Å². The van der Waals surface area contributed by atoms with E-state index in [2.05, 4.69) is 49.9 Å². The Kier molecular flexibility index (Phi) is 4.99. The number of methoxy groups -OCH3 is 2. The molecule has 2 nitrogen and oxygen atoms in total. The SMILES string of the molecule is C=C(C)c1cc2c(cc1OC)[C@@H]1CCCC[C@@H]1[C@H](c1ccc(OC)cc1)C2. The quantitative estimate of drug-likeness (QED) is 0.631. The monoisotopic (exact) mass is 362 g/mol. The summed E-state index contributed by atoms with van der Waals surface area (Å²) in [5.74, 6) is 3.86. The van der Waals surface area contributed by atoms with Crippen molar-refractivity contribution in [1.82, 2.24) is 0 Å². The fourth-order valence-corrected chi connectivity index (χ4v) is 5.30. The van der Waals surface area contributed by atoms with Crippen LogP contribution in [0.5, 0.6) is 11.5 Å². The van der Waals surface area contributed by atoms with E-state index in [1.54, 1.807) is 14.2 Å². The Labute approximate surface area is 163 Å². The van der Waals surface area contributed by atoms with Crippen LogP contribution in [0, 0.1) is 5.92 Å². The molecule has 0 saturated heterocycles. The van der Waals surface area contributed by atoms with E-state index in [0.717, 1.165) is 35.0 Å². The first-order valence-electron chi connectivity index (χ1n) is 10.1. The van der Waals surface area contributed by atoms with Crippen LogP contribution in [-0.4, -0.2) is 14.2 Å². The van der Waals surface area contributed by atoms with Gasteiger partial charge in [-0.2, -0.15) is 0 Å². The highest BCUT2D eigenvalue weighted by atomic mass is 16.5. The highest BCUT2D eigenvalue weighted by Crippen LogP contribution is 2.52. The molecule has 0 amide bonds. The van der Waals surface area contributed by atoms with Gasteiger partial charge in [0.1, 0.15) is 11.5 Å². The van der Waals surface area contributed by atoms with Gasteiger partial charge >= 0.3 is 0 Å². The lowest BCUT2D eigenvalue weighted by Crippen LogP contribution is -2.31. The van der Waals surface area contributed by atoms with Gasteiger partial charge in [-0.15, -0.1) is 0 Å². The van der Waals surface area contributed by atoms with Crippen molar-refractivity contribution in [3.05, 3.63) is 65.2 Å². The van der Waals surface area contributed by atoms with Crippen LogP contribution in [0.4, 0.5) is 0 Å². The zero-order chi connectivity index (χ0) is 19.0. The van der Waals surface area contributed by atoms with E-state index in [-0.39, 0.29) is 0 Å². The van der Waals surface area contributed by atoms with Crippen LogP contribution < -0.4 is 9.47 Å². The minimum absolute atomic E-state index is 0.583. The van der Waals surface area contributed by atoms with Gasteiger partial charge < -0.3 is 9.47 Å². The summed E-state index contributed by atoms with van der Waals surface area (Å²) in [7, 11) is 3.51. The molecule has 0 bridgehead atoms. The lowest BCUT2D eigenvalue weighted by atomic mass is 9.61. The Morgan fingerprint density at radius 1 is 0.963 bits per heavy atom. The van der Waals surface area contributed by atoms with Crippen LogP contribution in [0.3, 0.4) is 0 Å². The first kappa shape index (κ1) is 18.2. The summed E-state index contributed by atoms with van der Waals surface area (Å²) < 4.78 is 11.1. The first-order chi connectivity index (χ1) is 13.1. The second-order valence-electron chi connectivity index (χ2n) is 8.17. The van der Waals surface area contributed by atoms with Crippen molar-refractivity contribution < 1.29 is 9.47 Å². The van der Waals surface area contributed by atoms with E-state index >= 15 is 0 Å². The molecule has 2 aliphatic rings. The maximum atomic E-state index is 5.71. The van der Waals surface area contributed by atoms with E-state index in [4.69, 9.17) is 9.47 Å². The van der Waals surface area contributed by atoms with Crippen molar-refractivity contribution in [3.63, 3.8) is 0 Å². The number of hydrogen-bond donors (Lipinski definition) is 0. The second kappa shape index (κ2) is 7.42. The van der Waals surface area contributed by atoms with E-state index < -0.39 is 0 Å². The number of allylic oxidation sites excluding steroid dienone is 1. The van der Waals surface area contributed by atoms with Gasteiger partial charge in [0.05, 0.1) is 14.2 Å². The lowest BCUT2D eigenvalue weighted by molar-refractivity contribution is 0.242. The lowest BCUT2D eigenvalue weighted by Gasteiger charge is -2.43. The van der Waals surface area contributed by atoms with Crippen molar-refractivity contribution in [1.29, 1.82) is 0 Å². The standard InChI is InChI=1S/C25H30O2/c1-16(2)22-13-18-14-23(17-9-11-19(26-3)12-10-17)20-7-5-6-8-21(20)24(18)15-25(22)27-4/h9-13,15,20-21,23H,1,5-8,14H2,2-4H3/t20-,21+,23-/m0/s1. The third kappa shape index (κ3) is 3.26. The highest BCUT2D eigenvalue weighted by molar-refractivity contribution is 5.69. The second-order valence-corrected chi connectivity index (χ2v) is 8.17. The van der Waals surface area contributed by atoms with Gasteiger partial charge in [0.15, 0.2) is 0 Å². The van der Waals surface area contributed by atoms with Gasteiger partial charge in [0.2, 0.25) is 0 Å². The fourth-order valence-electron chi connectivity index (χ4n) is 5.30. The van der Waals surface area contributed by atoms with Gasteiger partial charge in [-0.1, -0.05) is 31.6 Å². The average molecular weight is 363 g/mol. The zero-order valence-electron chi connectivity index (χ0n) is 16.8. The van der Waals surface area contributed by atoms with Gasteiger partial charge in [0.25, 0.3) is 0 Å². The Morgan fingerprint density at radius 2 is 1.70 bits per heavy atom. The van der Waals surface area contributed by atoms with E-state index in [9.17, 15) is 0 Å². The van der Waals surface area contributed by atoms with Crippen LogP contribution in [0.2, 0.25) is 0 Å². The van der Waals surface area contributed by atoms with Gasteiger partial charge in [-0.25, -0.2) is 0 Å². The molecular weight excluding hydrogens is 332 g/mol. The average Bonchev–Trinajstić information content (AvgIpc) is 2.72. The van der Waals surface area contributed by atoms with Crippen molar-refractivity contribution in [2.24, 2.45) is 5.92 Å². The molecule has 3 atom stereocenters. The van der Waals surface area contributed by atoms with Crippen molar-refractivity contribution in [2.45, 2.75) is 50.9 Å². The molecule has 2 aromatic rings. The molecule has 2 aromatic carbocycles. The number of fused-ring (bicyclic) bond motifs is 3. The predicted octanol–water partition coefficient (Wildman–Crippen LogP) is 6.35. The van der Waals surface area contributed by atoms with E-state index in [0.29, 0.717) is 11.8 Å². The zero-order valence-corrected chi connectivity index (χ0v) is 16.8.